The standard InChI is InChI=1S/C30H34F4N6O3S/c1-2-3-27(41)29-28(24-16-23(31)8-9-25(24)36-29)26-18-40(38-37-26)17-20-10-13-39(14-11-20)15-12-35-44(42,43)19-21-4-6-22(7-5-21)30(32,33)34/h4-9,16,18,20,35-36H,2-3,10-15,17,19H2,1H3. The fourth-order valence-electron chi connectivity index (χ4n) is 5.57. The summed E-state index contributed by atoms with van der Waals surface area (Å²) in [5, 5.41) is 9.20. The van der Waals surface area contributed by atoms with Crippen LogP contribution in [-0.4, -0.2) is 65.3 Å². The molecule has 0 bridgehead atoms. The van der Waals surface area contributed by atoms with Gasteiger partial charge in [-0.15, -0.1) is 5.10 Å². The number of ketones is 1. The minimum atomic E-state index is -4.47. The monoisotopic (exact) mass is 634 g/mol. The third kappa shape index (κ3) is 7.71. The van der Waals surface area contributed by atoms with E-state index in [9.17, 15) is 30.8 Å². The van der Waals surface area contributed by atoms with Gasteiger partial charge in [0.25, 0.3) is 0 Å². The van der Waals surface area contributed by atoms with Crippen molar-refractivity contribution in [2.75, 3.05) is 26.2 Å². The highest BCUT2D eigenvalue weighted by Gasteiger charge is 2.30. The number of aromatic amines is 1. The highest BCUT2D eigenvalue weighted by atomic mass is 32.2. The summed E-state index contributed by atoms with van der Waals surface area (Å²) < 4.78 is 81.5. The highest BCUT2D eigenvalue weighted by Crippen LogP contribution is 2.33. The number of aromatic nitrogens is 4. The van der Waals surface area contributed by atoms with E-state index in [1.165, 1.54) is 24.3 Å². The van der Waals surface area contributed by atoms with Gasteiger partial charge in [0.05, 0.1) is 23.2 Å². The van der Waals surface area contributed by atoms with E-state index in [0.717, 1.165) is 38.1 Å². The second-order valence-corrected chi connectivity index (χ2v) is 13.0. The molecule has 14 heteroatoms. The number of benzene rings is 2. The molecule has 2 aromatic carbocycles. The van der Waals surface area contributed by atoms with Crippen LogP contribution in [0.3, 0.4) is 0 Å². The van der Waals surface area contributed by atoms with Gasteiger partial charge < -0.3 is 9.88 Å². The molecule has 0 spiro atoms. The molecule has 1 saturated heterocycles. The first-order chi connectivity index (χ1) is 20.9. The number of hydrogen-bond donors (Lipinski definition) is 2. The number of hydrogen-bond acceptors (Lipinski definition) is 6. The summed E-state index contributed by atoms with van der Waals surface area (Å²) in [7, 11) is -3.70. The van der Waals surface area contributed by atoms with Gasteiger partial charge in [0, 0.05) is 42.5 Å². The van der Waals surface area contributed by atoms with E-state index in [4.69, 9.17) is 0 Å². The summed E-state index contributed by atoms with van der Waals surface area (Å²) in [5.41, 5.74) is 1.58. The zero-order chi connectivity index (χ0) is 31.5. The number of fused-ring (bicyclic) bond motifs is 1. The van der Waals surface area contributed by atoms with E-state index in [1.807, 2.05) is 6.92 Å². The number of piperidine rings is 1. The van der Waals surface area contributed by atoms with Crippen molar-refractivity contribution in [2.45, 2.75) is 51.1 Å². The molecule has 0 aliphatic carbocycles. The van der Waals surface area contributed by atoms with Crippen LogP contribution in [-0.2, 0) is 28.5 Å². The van der Waals surface area contributed by atoms with Gasteiger partial charge in [-0.05, 0) is 74.2 Å². The van der Waals surface area contributed by atoms with Gasteiger partial charge in [0.15, 0.2) is 5.78 Å². The normalized spacial score (nSPS) is 15.3. The van der Waals surface area contributed by atoms with E-state index < -0.39 is 33.3 Å². The van der Waals surface area contributed by atoms with Gasteiger partial charge in [0.1, 0.15) is 11.5 Å². The van der Waals surface area contributed by atoms with Crippen molar-refractivity contribution in [1.82, 2.24) is 29.6 Å². The lowest BCUT2D eigenvalue weighted by Crippen LogP contribution is -2.40. The molecule has 5 rings (SSSR count). The molecule has 0 unspecified atom stereocenters. The number of carbonyl (C=O) groups excluding carboxylic acids is 1. The van der Waals surface area contributed by atoms with Crippen LogP contribution in [0.15, 0.2) is 48.7 Å². The topological polar surface area (TPSA) is 113 Å². The average Bonchev–Trinajstić information content (AvgIpc) is 3.57. The molecule has 44 heavy (non-hydrogen) atoms. The smallest absolute Gasteiger partial charge is 0.352 e. The summed E-state index contributed by atoms with van der Waals surface area (Å²) in [4.78, 5) is 18.1. The van der Waals surface area contributed by atoms with Crippen LogP contribution in [0.1, 0.15) is 54.2 Å². The van der Waals surface area contributed by atoms with Crippen LogP contribution < -0.4 is 4.72 Å². The van der Waals surface area contributed by atoms with E-state index in [0.29, 0.717) is 59.7 Å². The lowest BCUT2D eigenvalue weighted by molar-refractivity contribution is -0.137. The Balaban J connectivity index is 1.12. The number of likely N-dealkylation sites (tertiary alicyclic amines) is 1. The van der Waals surface area contributed by atoms with Crippen molar-refractivity contribution in [3.05, 3.63) is 71.3 Å². The first kappa shape index (κ1) is 31.8. The Morgan fingerprint density at radius 3 is 2.52 bits per heavy atom. The van der Waals surface area contributed by atoms with Crippen LogP contribution in [0.5, 0.6) is 0 Å². The van der Waals surface area contributed by atoms with Crippen LogP contribution >= 0.6 is 0 Å². The summed E-state index contributed by atoms with van der Waals surface area (Å²) in [5.74, 6) is -0.547. The first-order valence-corrected chi connectivity index (χ1v) is 16.2. The summed E-state index contributed by atoms with van der Waals surface area (Å²) >= 11 is 0. The fraction of sp³-hybridized carbons (Fsp3) is 0.433. The van der Waals surface area contributed by atoms with Crippen molar-refractivity contribution in [3.8, 4) is 11.3 Å². The number of rotatable bonds is 12. The average molecular weight is 635 g/mol. The largest absolute Gasteiger partial charge is 0.416 e. The Morgan fingerprint density at radius 1 is 1.11 bits per heavy atom. The molecule has 0 radical (unpaired) electrons. The Labute approximate surface area is 252 Å². The molecule has 1 aliphatic heterocycles. The number of H-pyrrole nitrogens is 1. The van der Waals surface area contributed by atoms with E-state index in [1.54, 1.807) is 16.9 Å². The Morgan fingerprint density at radius 2 is 1.84 bits per heavy atom. The van der Waals surface area contributed by atoms with Crippen molar-refractivity contribution < 1.29 is 30.8 Å². The van der Waals surface area contributed by atoms with Crippen molar-refractivity contribution in [1.29, 1.82) is 0 Å². The Kier molecular flexibility index (Phi) is 9.51. The number of Topliss-reactive ketones (excluding diaryl/α,β-unsaturated/α-hetero) is 1. The molecule has 1 aliphatic rings. The number of nitrogens with one attached hydrogen (secondary N) is 2. The zero-order valence-electron chi connectivity index (χ0n) is 24.2. The lowest BCUT2D eigenvalue weighted by atomic mass is 9.97. The van der Waals surface area contributed by atoms with Crippen molar-refractivity contribution in [2.24, 2.45) is 5.92 Å². The Bertz CT molecular complexity index is 1710. The molecule has 0 atom stereocenters. The van der Waals surface area contributed by atoms with Gasteiger partial charge >= 0.3 is 6.18 Å². The molecule has 236 valence electrons. The molecule has 1 fully saturated rings. The zero-order valence-corrected chi connectivity index (χ0v) is 25.0. The minimum absolute atomic E-state index is 0.0668. The maximum absolute atomic E-state index is 14.1. The number of alkyl halides is 3. The van der Waals surface area contributed by atoms with Crippen molar-refractivity contribution in [3.63, 3.8) is 0 Å². The third-order valence-electron chi connectivity index (χ3n) is 7.85. The molecule has 3 heterocycles. The molecular formula is C30H34F4N6O3S. The number of halogens is 4. The van der Waals surface area contributed by atoms with E-state index in [-0.39, 0.29) is 17.9 Å². The SMILES string of the molecule is CCCC(=O)c1[nH]c2ccc(F)cc2c1-c1cn(CC2CCN(CCNS(=O)(=O)Cc3ccc(C(F)(F)F)cc3)CC2)nn1. The fourth-order valence-corrected chi connectivity index (χ4v) is 6.71. The predicted molar refractivity (Wildman–Crippen MR) is 158 cm³/mol. The quantitative estimate of drug-likeness (QED) is 0.160. The number of nitrogens with zero attached hydrogens (tertiary/aromatic N) is 4. The molecule has 2 N–H and O–H groups in total. The van der Waals surface area contributed by atoms with E-state index >= 15 is 0 Å². The second-order valence-electron chi connectivity index (χ2n) is 11.2. The van der Waals surface area contributed by atoms with Crippen LogP contribution in [0.4, 0.5) is 17.6 Å². The van der Waals surface area contributed by atoms with Crippen LogP contribution in [0.25, 0.3) is 22.2 Å². The molecule has 4 aromatic rings. The second kappa shape index (κ2) is 13.2. The maximum Gasteiger partial charge on any atom is 0.416 e. The summed E-state index contributed by atoms with van der Waals surface area (Å²) in [6.45, 7) is 4.79. The van der Waals surface area contributed by atoms with Crippen LogP contribution in [0, 0.1) is 11.7 Å². The van der Waals surface area contributed by atoms with Gasteiger partial charge in [-0.2, -0.15) is 13.2 Å². The highest BCUT2D eigenvalue weighted by molar-refractivity contribution is 7.88. The minimum Gasteiger partial charge on any atom is -0.352 e. The van der Waals surface area contributed by atoms with Gasteiger partial charge in [0.2, 0.25) is 10.0 Å². The number of carbonyl (C=O) groups is 1. The molecule has 0 saturated carbocycles. The molecule has 9 nitrogen and oxygen atoms in total. The molecule has 0 amide bonds. The third-order valence-corrected chi connectivity index (χ3v) is 9.21. The lowest BCUT2D eigenvalue weighted by Gasteiger charge is -2.31. The maximum atomic E-state index is 14.1. The van der Waals surface area contributed by atoms with Crippen molar-refractivity contribution >= 4 is 26.7 Å². The summed E-state index contributed by atoms with van der Waals surface area (Å²) in [6.07, 6.45) is 0.0877. The van der Waals surface area contributed by atoms with Crippen LogP contribution in [0.2, 0.25) is 0 Å². The van der Waals surface area contributed by atoms with Gasteiger partial charge in [-0.1, -0.05) is 24.3 Å². The van der Waals surface area contributed by atoms with Gasteiger partial charge in [-0.25, -0.2) is 17.5 Å². The first-order valence-electron chi connectivity index (χ1n) is 14.5. The Hall–Kier alpha value is -3.62. The van der Waals surface area contributed by atoms with E-state index in [2.05, 4.69) is 24.9 Å². The summed E-state index contributed by atoms with van der Waals surface area (Å²) in [6, 6.07) is 8.46. The number of sulfonamides is 1. The molecule has 2 aromatic heterocycles. The van der Waals surface area contributed by atoms with Gasteiger partial charge in [-0.3, -0.25) is 9.48 Å². The predicted octanol–water partition coefficient (Wildman–Crippen LogP) is 5.40. The molecular weight excluding hydrogens is 600 g/mol.